The fourth-order valence-electron chi connectivity index (χ4n) is 2.68. The van der Waals surface area contributed by atoms with Crippen LogP contribution in [0.3, 0.4) is 0 Å². The summed E-state index contributed by atoms with van der Waals surface area (Å²) in [6.45, 7) is 1.26. The summed E-state index contributed by atoms with van der Waals surface area (Å²) < 4.78 is 43.6. The number of aliphatic hydroxyl groups is 1. The van der Waals surface area contributed by atoms with E-state index in [0.29, 0.717) is 21.7 Å². The van der Waals surface area contributed by atoms with E-state index in [-0.39, 0.29) is 24.1 Å². The molecule has 11 heteroatoms. The van der Waals surface area contributed by atoms with Crippen molar-refractivity contribution in [1.29, 1.82) is 0 Å². The van der Waals surface area contributed by atoms with Crippen LogP contribution in [0.4, 0.5) is 18.9 Å². The number of anilines is 1. The van der Waals surface area contributed by atoms with Gasteiger partial charge in [0.25, 0.3) is 0 Å². The first-order valence-corrected chi connectivity index (χ1v) is 9.43. The number of carbonyl (C=O) groups is 1. The van der Waals surface area contributed by atoms with Crippen LogP contribution in [0.15, 0.2) is 46.9 Å². The highest BCUT2D eigenvalue weighted by Crippen LogP contribution is 2.36. The van der Waals surface area contributed by atoms with Gasteiger partial charge in [-0.15, -0.1) is 10.2 Å². The van der Waals surface area contributed by atoms with Crippen LogP contribution in [-0.2, 0) is 17.6 Å². The molecule has 2 N–H and O–H groups in total. The van der Waals surface area contributed by atoms with Crippen LogP contribution in [0.2, 0.25) is 10.0 Å². The average molecular weight is 472 g/mol. The smallest absolute Gasteiger partial charge is 0.417 e. The summed E-state index contributed by atoms with van der Waals surface area (Å²) in [5.41, 5.74) is 0.710. The molecular formula is C20H14Cl2F3N3O3. The number of halogens is 5. The molecule has 0 aliphatic rings. The molecule has 0 aliphatic carbocycles. The van der Waals surface area contributed by atoms with Gasteiger partial charge in [-0.25, -0.2) is 0 Å². The summed E-state index contributed by atoms with van der Waals surface area (Å²) in [5, 5.41) is 18.7. The summed E-state index contributed by atoms with van der Waals surface area (Å²) in [5.74, 6) is -0.333. The Balaban J connectivity index is 1.76. The number of amides is 1. The highest BCUT2D eigenvalue weighted by Gasteiger charge is 2.33. The number of nitrogens with zero attached hydrogens (tertiary/aromatic N) is 2. The lowest BCUT2D eigenvalue weighted by atomic mass is 10.0. The number of aromatic nitrogens is 2. The molecule has 31 heavy (non-hydrogen) atoms. The SMILES string of the molecule is CC(=CC(=O)Nc1ccc(C(F)(F)F)c(Cl)c1)c1ccc(-c2nnc(CO)o2)cc1Cl. The molecule has 0 spiro atoms. The van der Waals surface area contributed by atoms with Gasteiger partial charge in [-0.05, 0) is 48.4 Å². The molecule has 3 rings (SSSR count). The number of alkyl halides is 3. The Morgan fingerprint density at radius 3 is 2.48 bits per heavy atom. The van der Waals surface area contributed by atoms with Crippen molar-refractivity contribution < 1.29 is 27.5 Å². The molecule has 0 fully saturated rings. The van der Waals surface area contributed by atoms with Crippen molar-refractivity contribution in [2.45, 2.75) is 19.7 Å². The van der Waals surface area contributed by atoms with Crippen molar-refractivity contribution in [3.8, 4) is 11.5 Å². The van der Waals surface area contributed by atoms with Crippen molar-refractivity contribution in [3.63, 3.8) is 0 Å². The molecule has 1 aromatic heterocycles. The topological polar surface area (TPSA) is 88.2 Å². The van der Waals surface area contributed by atoms with Gasteiger partial charge in [-0.1, -0.05) is 29.3 Å². The van der Waals surface area contributed by atoms with Crippen LogP contribution in [0.1, 0.15) is 23.9 Å². The Hall–Kier alpha value is -2.88. The maximum absolute atomic E-state index is 12.8. The van der Waals surface area contributed by atoms with Crippen LogP contribution in [0.5, 0.6) is 0 Å². The van der Waals surface area contributed by atoms with E-state index < -0.39 is 22.7 Å². The summed E-state index contributed by atoms with van der Waals surface area (Å²) in [6.07, 6.45) is -3.33. The molecule has 6 nitrogen and oxygen atoms in total. The van der Waals surface area contributed by atoms with Crippen LogP contribution in [0.25, 0.3) is 17.0 Å². The van der Waals surface area contributed by atoms with Crippen molar-refractivity contribution in [3.05, 3.63) is 69.5 Å². The molecule has 0 bridgehead atoms. The van der Waals surface area contributed by atoms with Gasteiger partial charge < -0.3 is 14.8 Å². The number of aliphatic hydroxyl groups excluding tert-OH is 1. The molecule has 1 amide bonds. The van der Waals surface area contributed by atoms with Crippen molar-refractivity contribution >= 4 is 40.4 Å². The Kier molecular flexibility index (Phi) is 6.68. The van der Waals surface area contributed by atoms with Crippen LogP contribution >= 0.6 is 23.2 Å². The minimum absolute atomic E-state index is 0.0614. The first-order chi connectivity index (χ1) is 14.6. The van der Waals surface area contributed by atoms with Gasteiger partial charge in [0.2, 0.25) is 17.7 Å². The van der Waals surface area contributed by atoms with E-state index in [2.05, 4.69) is 15.5 Å². The first-order valence-electron chi connectivity index (χ1n) is 8.68. The lowest BCUT2D eigenvalue weighted by Gasteiger charge is -2.11. The zero-order valence-corrected chi connectivity index (χ0v) is 17.3. The summed E-state index contributed by atoms with van der Waals surface area (Å²) in [7, 11) is 0. The molecule has 2 aromatic carbocycles. The standard InChI is InChI=1S/C20H14Cl2F3N3O3/c1-10(6-17(30)26-12-3-5-14(16(22)8-12)20(23,24)25)13-4-2-11(7-15(13)21)19-28-27-18(9-29)31-19/h2-8,29H,9H2,1H3,(H,26,30). The van der Waals surface area contributed by atoms with Crippen LogP contribution < -0.4 is 5.32 Å². The zero-order chi connectivity index (χ0) is 22.8. The number of carbonyl (C=O) groups excluding carboxylic acids is 1. The van der Waals surface area contributed by atoms with E-state index in [1.54, 1.807) is 25.1 Å². The number of allylic oxidation sites excluding steroid dienone is 1. The number of benzene rings is 2. The third-order valence-corrected chi connectivity index (χ3v) is 4.76. The van der Waals surface area contributed by atoms with Gasteiger partial charge in [0.1, 0.15) is 6.61 Å². The summed E-state index contributed by atoms with van der Waals surface area (Å²) in [6, 6.07) is 7.80. The second-order valence-corrected chi connectivity index (χ2v) is 7.18. The van der Waals surface area contributed by atoms with Gasteiger partial charge >= 0.3 is 6.18 Å². The van der Waals surface area contributed by atoms with Gasteiger partial charge in [-0.2, -0.15) is 13.2 Å². The van der Waals surface area contributed by atoms with Gasteiger partial charge in [-0.3, -0.25) is 4.79 Å². The quantitative estimate of drug-likeness (QED) is 0.473. The fraction of sp³-hybridized carbons (Fsp3) is 0.150. The highest BCUT2D eigenvalue weighted by molar-refractivity contribution is 6.33. The summed E-state index contributed by atoms with van der Waals surface area (Å²) in [4.78, 5) is 12.3. The molecule has 0 unspecified atom stereocenters. The van der Waals surface area contributed by atoms with Crippen molar-refractivity contribution in [2.24, 2.45) is 0 Å². The Morgan fingerprint density at radius 1 is 1.16 bits per heavy atom. The Bertz CT molecular complexity index is 1160. The van der Waals surface area contributed by atoms with E-state index >= 15 is 0 Å². The Morgan fingerprint density at radius 2 is 1.90 bits per heavy atom. The number of hydrogen-bond acceptors (Lipinski definition) is 5. The number of rotatable bonds is 5. The molecule has 0 saturated carbocycles. The van der Waals surface area contributed by atoms with E-state index in [0.717, 1.165) is 18.2 Å². The molecule has 0 aliphatic heterocycles. The van der Waals surface area contributed by atoms with E-state index in [1.165, 1.54) is 6.08 Å². The van der Waals surface area contributed by atoms with Crippen LogP contribution in [0, 0.1) is 0 Å². The fourth-order valence-corrected chi connectivity index (χ4v) is 3.29. The minimum atomic E-state index is -4.58. The number of nitrogens with one attached hydrogen (secondary N) is 1. The molecule has 0 radical (unpaired) electrons. The molecule has 0 saturated heterocycles. The molecule has 1 heterocycles. The normalized spacial score (nSPS) is 12.2. The zero-order valence-electron chi connectivity index (χ0n) is 15.8. The third kappa shape index (κ3) is 5.43. The van der Waals surface area contributed by atoms with Crippen molar-refractivity contribution in [1.82, 2.24) is 10.2 Å². The monoisotopic (exact) mass is 471 g/mol. The lowest BCUT2D eigenvalue weighted by molar-refractivity contribution is -0.137. The first kappa shape index (κ1) is 22.8. The number of hydrogen-bond donors (Lipinski definition) is 2. The van der Waals surface area contributed by atoms with E-state index in [9.17, 15) is 18.0 Å². The predicted octanol–water partition coefficient (Wildman–Crippen LogP) is 5.60. The second kappa shape index (κ2) is 9.09. The maximum atomic E-state index is 12.8. The van der Waals surface area contributed by atoms with Crippen molar-refractivity contribution in [2.75, 3.05) is 5.32 Å². The molecule has 3 aromatic rings. The molecular weight excluding hydrogens is 458 g/mol. The van der Waals surface area contributed by atoms with E-state index in [1.807, 2.05) is 0 Å². The Labute approximate surface area is 184 Å². The van der Waals surface area contributed by atoms with Crippen LogP contribution in [-0.4, -0.2) is 21.2 Å². The highest BCUT2D eigenvalue weighted by atomic mass is 35.5. The lowest BCUT2D eigenvalue weighted by Crippen LogP contribution is -2.10. The summed E-state index contributed by atoms with van der Waals surface area (Å²) >= 11 is 12.0. The van der Waals surface area contributed by atoms with Gasteiger partial charge in [0, 0.05) is 22.3 Å². The predicted molar refractivity (Wildman–Crippen MR) is 109 cm³/mol. The van der Waals surface area contributed by atoms with Gasteiger partial charge in [0.15, 0.2) is 0 Å². The largest absolute Gasteiger partial charge is 0.418 e. The maximum Gasteiger partial charge on any atom is 0.417 e. The van der Waals surface area contributed by atoms with E-state index in [4.69, 9.17) is 32.7 Å². The third-order valence-electron chi connectivity index (χ3n) is 4.13. The molecule has 0 atom stereocenters. The second-order valence-electron chi connectivity index (χ2n) is 6.36. The average Bonchev–Trinajstić information content (AvgIpc) is 3.16. The van der Waals surface area contributed by atoms with Gasteiger partial charge in [0.05, 0.1) is 10.6 Å². The molecule has 162 valence electrons. The minimum Gasteiger partial charge on any atom is -0.418 e.